The molecule has 0 aromatic carbocycles. The predicted molar refractivity (Wildman–Crippen MR) is 79.0 cm³/mol. The summed E-state index contributed by atoms with van der Waals surface area (Å²) in [6.07, 6.45) is 4.01. The molecule has 0 fully saturated rings. The van der Waals surface area contributed by atoms with Crippen molar-refractivity contribution < 1.29 is 4.79 Å². The molecule has 0 aliphatic heterocycles. The lowest BCUT2D eigenvalue weighted by Crippen LogP contribution is -2.42. The van der Waals surface area contributed by atoms with Crippen molar-refractivity contribution in [1.29, 1.82) is 0 Å². The largest absolute Gasteiger partial charge is 0.350 e. The van der Waals surface area contributed by atoms with Crippen LogP contribution in [-0.4, -0.2) is 23.1 Å². The van der Waals surface area contributed by atoms with Gasteiger partial charge in [0.15, 0.2) is 0 Å². The Morgan fingerprint density at radius 1 is 1.37 bits per heavy atom. The van der Waals surface area contributed by atoms with E-state index in [1.807, 2.05) is 44.8 Å². The van der Waals surface area contributed by atoms with Gasteiger partial charge in [-0.15, -0.1) is 0 Å². The monoisotopic (exact) mass is 265 g/mol. The van der Waals surface area contributed by atoms with Crippen molar-refractivity contribution in [3.8, 4) is 0 Å². The molecule has 19 heavy (non-hydrogen) atoms. The number of hydrogen-bond donors (Lipinski definition) is 2. The van der Waals surface area contributed by atoms with Gasteiger partial charge in [0.25, 0.3) is 0 Å². The number of aromatic nitrogens is 1. The second-order valence-electron chi connectivity index (χ2n) is 6.43. The van der Waals surface area contributed by atoms with Crippen LogP contribution in [0.15, 0.2) is 18.5 Å². The molecule has 1 heterocycles. The standard InChI is InChI=1S/C15H27N3O/c1-11(2)14(16-6)12-7-8-18(9-12)10-13(19)17-15(3,4)5/h7-9,11,14,16H,10H2,1-6H3,(H,17,19). The van der Waals surface area contributed by atoms with Gasteiger partial charge in [-0.25, -0.2) is 0 Å². The molecule has 1 amide bonds. The molecular formula is C15H27N3O. The first-order chi connectivity index (χ1) is 8.73. The Morgan fingerprint density at radius 2 is 2.00 bits per heavy atom. The van der Waals surface area contributed by atoms with Crippen molar-refractivity contribution in [2.75, 3.05) is 7.05 Å². The van der Waals surface area contributed by atoms with E-state index >= 15 is 0 Å². The molecule has 1 aromatic heterocycles. The molecule has 0 aliphatic rings. The highest BCUT2D eigenvalue weighted by Gasteiger charge is 2.16. The quantitative estimate of drug-likeness (QED) is 0.858. The third kappa shape index (κ3) is 5.07. The van der Waals surface area contributed by atoms with Crippen LogP contribution >= 0.6 is 0 Å². The van der Waals surface area contributed by atoms with Crippen LogP contribution < -0.4 is 10.6 Å². The van der Waals surface area contributed by atoms with Gasteiger partial charge in [0.05, 0.1) is 0 Å². The number of nitrogens with zero attached hydrogens (tertiary/aromatic N) is 1. The molecule has 2 N–H and O–H groups in total. The first kappa shape index (κ1) is 15.8. The zero-order valence-electron chi connectivity index (χ0n) is 12.9. The van der Waals surface area contributed by atoms with Crippen molar-refractivity contribution in [2.24, 2.45) is 5.92 Å². The lowest BCUT2D eigenvalue weighted by molar-refractivity contribution is -0.123. The normalized spacial score (nSPS) is 13.6. The minimum Gasteiger partial charge on any atom is -0.350 e. The van der Waals surface area contributed by atoms with E-state index in [2.05, 4.69) is 30.5 Å². The van der Waals surface area contributed by atoms with Gasteiger partial charge in [-0.05, 0) is 45.4 Å². The van der Waals surface area contributed by atoms with Crippen molar-refractivity contribution in [3.63, 3.8) is 0 Å². The summed E-state index contributed by atoms with van der Waals surface area (Å²) in [5.41, 5.74) is 1.04. The summed E-state index contributed by atoms with van der Waals surface area (Å²) in [6.45, 7) is 10.7. The van der Waals surface area contributed by atoms with Gasteiger partial charge >= 0.3 is 0 Å². The minimum atomic E-state index is -0.182. The van der Waals surface area contributed by atoms with Gasteiger partial charge in [0.2, 0.25) is 5.91 Å². The number of rotatable bonds is 5. The van der Waals surface area contributed by atoms with Crippen molar-refractivity contribution in [2.45, 2.75) is 52.7 Å². The average molecular weight is 265 g/mol. The molecular weight excluding hydrogens is 238 g/mol. The second kappa shape index (κ2) is 6.24. The van der Waals surface area contributed by atoms with Gasteiger partial charge < -0.3 is 15.2 Å². The molecule has 1 rings (SSSR count). The smallest absolute Gasteiger partial charge is 0.240 e. The van der Waals surface area contributed by atoms with E-state index in [0.29, 0.717) is 18.5 Å². The van der Waals surface area contributed by atoms with Crippen LogP contribution in [0, 0.1) is 5.92 Å². The number of carbonyl (C=O) groups is 1. The van der Waals surface area contributed by atoms with Crippen LogP contribution in [-0.2, 0) is 11.3 Å². The van der Waals surface area contributed by atoms with Crippen LogP contribution in [0.5, 0.6) is 0 Å². The average Bonchev–Trinajstić information content (AvgIpc) is 2.63. The summed E-state index contributed by atoms with van der Waals surface area (Å²) in [5.74, 6) is 0.560. The van der Waals surface area contributed by atoms with Crippen molar-refractivity contribution >= 4 is 5.91 Å². The topological polar surface area (TPSA) is 46.1 Å². The maximum atomic E-state index is 11.9. The summed E-state index contributed by atoms with van der Waals surface area (Å²) < 4.78 is 1.93. The van der Waals surface area contributed by atoms with E-state index in [1.165, 1.54) is 5.56 Å². The Bertz CT molecular complexity index is 415. The van der Waals surface area contributed by atoms with Crippen LogP contribution in [0.3, 0.4) is 0 Å². The van der Waals surface area contributed by atoms with E-state index in [-0.39, 0.29) is 11.4 Å². The molecule has 4 nitrogen and oxygen atoms in total. The molecule has 0 radical (unpaired) electrons. The van der Waals surface area contributed by atoms with E-state index in [9.17, 15) is 4.79 Å². The van der Waals surface area contributed by atoms with Crippen molar-refractivity contribution in [1.82, 2.24) is 15.2 Å². The molecule has 0 spiro atoms. The molecule has 0 saturated carbocycles. The fourth-order valence-electron chi connectivity index (χ4n) is 2.25. The summed E-state index contributed by atoms with van der Waals surface area (Å²) in [5, 5.41) is 6.28. The Morgan fingerprint density at radius 3 is 2.47 bits per heavy atom. The van der Waals surface area contributed by atoms with E-state index in [0.717, 1.165) is 0 Å². The van der Waals surface area contributed by atoms with Crippen LogP contribution in [0.2, 0.25) is 0 Å². The fourth-order valence-corrected chi connectivity index (χ4v) is 2.25. The maximum Gasteiger partial charge on any atom is 0.240 e. The third-order valence-corrected chi connectivity index (χ3v) is 2.95. The molecule has 0 saturated heterocycles. The highest BCUT2D eigenvalue weighted by Crippen LogP contribution is 2.21. The highest BCUT2D eigenvalue weighted by atomic mass is 16.2. The number of amides is 1. The number of nitrogens with one attached hydrogen (secondary N) is 2. The zero-order valence-corrected chi connectivity index (χ0v) is 12.9. The molecule has 1 atom stereocenters. The highest BCUT2D eigenvalue weighted by molar-refractivity contribution is 5.76. The molecule has 0 bridgehead atoms. The van der Waals surface area contributed by atoms with Crippen LogP contribution in [0.25, 0.3) is 0 Å². The third-order valence-electron chi connectivity index (χ3n) is 2.95. The fraction of sp³-hybridized carbons (Fsp3) is 0.667. The first-order valence-corrected chi connectivity index (χ1v) is 6.87. The minimum absolute atomic E-state index is 0.0419. The Kier molecular flexibility index (Phi) is 5.18. The SMILES string of the molecule is CNC(c1ccn(CC(=O)NC(C)(C)C)c1)C(C)C. The van der Waals surface area contributed by atoms with Crippen LogP contribution in [0.4, 0.5) is 0 Å². The van der Waals surface area contributed by atoms with Gasteiger partial charge in [-0.3, -0.25) is 4.79 Å². The van der Waals surface area contributed by atoms with Gasteiger partial charge in [0.1, 0.15) is 6.54 Å². The first-order valence-electron chi connectivity index (χ1n) is 6.87. The summed E-state index contributed by atoms with van der Waals surface area (Å²) >= 11 is 0. The lowest BCUT2D eigenvalue weighted by atomic mass is 9.99. The Balaban J connectivity index is 2.67. The molecule has 0 aliphatic carbocycles. The van der Waals surface area contributed by atoms with E-state index in [4.69, 9.17) is 0 Å². The van der Waals surface area contributed by atoms with E-state index in [1.54, 1.807) is 0 Å². The molecule has 1 unspecified atom stereocenters. The van der Waals surface area contributed by atoms with Crippen LogP contribution in [0.1, 0.15) is 46.2 Å². The summed E-state index contributed by atoms with van der Waals surface area (Å²) in [4.78, 5) is 11.9. The Labute approximate surface area is 116 Å². The molecule has 1 aromatic rings. The van der Waals surface area contributed by atoms with E-state index < -0.39 is 0 Å². The number of hydrogen-bond acceptors (Lipinski definition) is 2. The predicted octanol–water partition coefficient (Wildman–Crippen LogP) is 2.32. The van der Waals surface area contributed by atoms with Gasteiger partial charge in [-0.1, -0.05) is 13.8 Å². The summed E-state index contributed by atoms with van der Waals surface area (Å²) in [6, 6.07) is 2.40. The van der Waals surface area contributed by atoms with Gasteiger partial charge in [0, 0.05) is 24.0 Å². The second-order valence-corrected chi connectivity index (χ2v) is 6.43. The Hall–Kier alpha value is -1.29. The maximum absolute atomic E-state index is 11.9. The number of carbonyl (C=O) groups excluding carboxylic acids is 1. The molecule has 4 heteroatoms. The molecule has 108 valence electrons. The summed E-state index contributed by atoms with van der Waals surface area (Å²) in [7, 11) is 1.97. The van der Waals surface area contributed by atoms with Gasteiger partial charge in [-0.2, -0.15) is 0 Å². The van der Waals surface area contributed by atoms with Crippen molar-refractivity contribution in [3.05, 3.63) is 24.0 Å². The zero-order chi connectivity index (χ0) is 14.6. The lowest BCUT2D eigenvalue weighted by Gasteiger charge is -2.21.